The van der Waals surface area contributed by atoms with E-state index in [2.05, 4.69) is 29.2 Å². The molecule has 3 aromatic carbocycles. The molecule has 7 heteroatoms. The lowest BCUT2D eigenvalue weighted by Crippen LogP contribution is -2.32. The first-order chi connectivity index (χ1) is 17.7. The molecule has 0 saturated heterocycles. The second-order valence-electron chi connectivity index (χ2n) is 9.09. The Labute approximate surface area is 217 Å². The van der Waals surface area contributed by atoms with Gasteiger partial charge in [0.05, 0.1) is 4.92 Å². The van der Waals surface area contributed by atoms with E-state index in [-0.39, 0.29) is 23.0 Å². The van der Waals surface area contributed by atoms with Crippen molar-refractivity contribution in [2.24, 2.45) is 0 Å². The zero-order valence-electron chi connectivity index (χ0n) is 21.4. The third-order valence-corrected chi connectivity index (χ3v) is 6.10. The van der Waals surface area contributed by atoms with Crippen LogP contribution in [0.1, 0.15) is 42.9 Å². The lowest BCUT2D eigenvalue weighted by molar-refractivity contribution is -0.384. The molecule has 1 atom stereocenters. The Morgan fingerprint density at radius 2 is 1.57 bits per heavy atom. The van der Waals surface area contributed by atoms with Gasteiger partial charge in [0.1, 0.15) is 6.10 Å². The van der Waals surface area contributed by atoms with Gasteiger partial charge in [0.2, 0.25) is 0 Å². The molecular formula is C30H32N2O5. The van der Waals surface area contributed by atoms with Crippen molar-refractivity contribution in [3.63, 3.8) is 0 Å². The predicted octanol–water partition coefficient (Wildman–Crippen LogP) is 5.65. The van der Waals surface area contributed by atoms with E-state index in [1.807, 2.05) is 43.4 Å². The Morgan fingerprint density at radius 1 is 0.973 bits per heavy atom. The van der Waals surface area contributed by atoms with Gasteiger partial charge >= 0.3 is 5.97 Å². The average Bonchev–Trinajstić information content (AvgIpc) is 2.88. The van der Waals surface area contributed by atoms with Crippen molar-refractivity contribution in [1.29, 1.82) is 0 Å². The number of hydrogen-bond donors (Lipinski definition) is 0. The number of ether oxygens (including phenoxy) is 1. The van der Waals surface area contributed by atoms with E-state index in [9.17, 15) is 19.7 Å². The molecule has 0 saturated carbocycles. The highest BCUT2D eigenvalue weighted by Crippen LogP contribution is 2.28. The van der Waals surface area contributed by atoms with E-state index < -0.39 is 17.0 Å². The maximum Gasteiger partial charge on any atom is 0.331 e. The van der Waals surface area contributed by atoms with Gasteiger partial charge in [-0.25, -0.2) is 4.79 Å². The second kappa shape index (κ2) is 13.3. The fraction of sp³-hybridized carbons (Fsp3) is 0.267. The topological polar surface area (TPSA) is 89.8 Å². The Kier molecular flexibility index (Phi) is 9.86. The van der Waals surface area contributed by atoms with E-state index in [1.165, 1.54) is 36.2 Å². The number of hydrogen-bond acceptors (Lipinski definition) is 6. The number of rotatable bonds is 12. The van der Waals surface area contributed by atoms with Crippen LogP contribution in [0.25, 0.3) is 5.57 Å². The number of carbonyl (C=O) groups is 2. The van der Waals surface area contributed by atoms with Crippen molar-refractivity contribution in [3.05, 3.63) is 118 Å². The molecule has 192 valence electrons. The van der Waals surface area contributed by atoms with Crippen LogP contribution in [0.4, 0.5) is 5.69 Å². The van der Waals surface area contributed by atoms with Crippen molar-refractivity contribution >= 4 is 23.0 Å². The summed E-state index contributed by atoms with van der Waals surface area (Å²) in [7, 11) is 1.98. The summed E-state index contributed by atoms with van der Waals surface area (Å²) in [6.45, 7) is 4.42. The van der Waals surface area contributed by atoms with Gasteiger partial charge in [-0.05, 0) is 50.6 Å². The van der Waals surface area contributed by atoms with Crippen LogP contribution in [0.15, 0.2) is 91.0 Å². The lowest BCUT2D eigenvalue weighted by atomic mass is 9.88. The molecule has 1 unspecified atom stereocenters. The predicted molar refractivity (Wildman–Crippen MR) is 144 cm³/mol. The van der Waals surface area contributed by atoms with Gasteiger partial charge in [0, 0.05) is 36.2 Å². The molecule has 0 aliphatic carbocycles. The minimum atomic E-state index is -0.663. The van der Waals surface area contributed by atoms with Crippen molar-refractivity contribution in [2.45, 2.75) is 32.3 Å². The van der Waals surface area contributed by atoms with Gasteiger partial charge in [0.25, 0.3) is 5.69 Å². The van der Waals surface area contributed by atoms with E-state index in [4.69, 9.17) is 4.74 Å². The zero-order valence-corrected chi connectivity index (χ0v) is 21.4. The Morgan fingerprint density at radius 3 is 2.11 bits per heavy atom. The van der Waals surface area contributed by atoms with Crippen LogP contribution in [-0.2, 0) is 14.3 Å². The number of nitrogens with zero attached hydrogens (tertiary/aromatic N) is 2. The number of benzene rings is 3. The summed E-state index contributed by atoms with van der Waals surface area (Å²) >= 11 is 0. The standard InChI is InChI=1S/C30H32N2O5/c1-22(37-30(34)20-29(23(2)33)26-15-10-16-27(19-26)32(35)36)21-31(3)18-17-28(24-11-6-4-7-12-24)25-13-8-5-9-14-25/h4-16,19-20,22,28H,17-18,21H2,1-3H3. The smallest absolute Gasteiger partial charge is 0.331 e. The number of likely N-dealkylation sites (N-methyl/N-ethyl adjacent to an activating group) is 1. The summed E-state index contributed by atoms with van der Waals surface area (Å²) in [5, 5.41) is 11.1. The van der Waals surface area contributed by atoms with Gasteiger partial charge in [0.15, 0.2) is 5.78 Å². The highest BCUT2D eigenvalue weighted by Gasteiger charge is 2.18. The molecule has 0 spiro atoms. The molecule has 0 aliphatic rings. The molecular weight excluding hydrogens is 468 g/mol. The number of carbonyl (C=O) groups excluding carboxylic acids is 2. The molecule has 0 heterocycles. The third kappa shape index (κ3) is 8.22. The van der Waals surface area contributed by atoms with Crippen LogP contribution >= 0.6 is 0 Å². The van der Waals surface area contributed by atoms with Crippen molar-refractivity contribution in [3.8, 4) is 0 Å². The zero-order chi connectivity index (χ0) is 26.8. The van der Waals surface area contributed by atoms with E-state index >= 15 is 0 Å². The lowest BCUT2D eigenvalue weighted by Gasteiger charge is -2.24. The van der Waals surface area contributed by atoms with Crippen LogP contribution in [0.3, 0.4) is 0 Å². The normalized spacial score (nSPS) is 12.4. The monoisotopic (exact) mass is 500 g/mol. The van der Waals surface area contributed by atoms with E-state index in [0.29, 0.717) is 12.1 Å². The SMILES string of the molecule is CC(=O)C(=CC(=O)OC(C)CN(C)CCC(c1ccccc1)c1ccccc1)c1cccc([N+](=O)[O-])c1. The van der Waals surface area contributed by atoms with Gasteiger partial charge in [-0.15, -0.1) is 0 Å². The van der Waals surface area contributed by atoms with Gasteiger partial charge in [-0.3, -0.25) is 14.9 Å². The molecule has 0 amide bonds. The molecule has 0 radical (unpaired) electrons. The van der Waals surface area contributed by atoms with Crippen molar-refractivity contribution in [2.75, 3.05) is 20.1 Å². The summed E-state index contributed by atoms with van der Waals surface area (Å²) in [5.74, 6) is -0.794. The Balaban J connectivity index is 1.61. The number of esters is 1. The fourth-order valence-electron chi connectivity index (χ4n) is 4.34. The summed E-state index contributed by atoms with van der Waals surface area (Å²) in [4.78, 5) is 37.4. The molecule has 3 rings (SSSR count). The van der Waals surface area contributed by atoms with E-state index in [1.54, 1.807) is 13.0 Å². The highest BCUT2D eigenvalue weighted by molar-refractivity contribution is 6.23. The van der Waals surface area contributed by atoms with Crippen molar-refractivity contribution < 1.29 is 19.2 Å². The highest BCUT2D eigenvalue weighted by atomic mass is 16.6. The minimum absolute atomic E-state index is 0.0721. The van der Waals surface area contributed by atoms with Crippen LogP contribution < -0.4 is 0 Å². The van der Waals surface area contributed by atoms with Crippen LogP contribution in [0, 0.1) is 10.1 Å². The van der Waals surface area contributed by atoms with Crippen LogP contribution in [-0.4, -0.2) is 47.8 Å². The summed E-state index contributed by atoms with van der Waals surface area (Å²) < 4.78 is 5.53. The molecule has 0 aliphatic heterocycles. The first-order valence-corrected chi connectivity index (χ1v) is 12.2. The number of Topliss-reactive ketones (excluding diaryl/α,β-unsaturated/α-hetero) is 1. The molecule has 37 heavy (non-hydrogen) atoms. The first kappa shape index (κ1) is 27.5. The van der Waals surface area contributed by atoms with Gasteiger partial charge in [-0.2, -0.15) is 0 Å². The second-order valence-corrected chi connectivity index (χ2v) is 9.09. The fourth-order valence-corrected chi connectivity index (χ4v) is 4.34. The van der Waals surface area contributed by atoms with Crippen LogP contribution in [0.5, 0.6) is 0 Å². The number of nitro groups is 1. The summed E-state index contributed by atoms with van der Waals surface area (Å²) in [6.07, 6.45) is 1.59. The quantitative estimate of drug-likeness (QED) is 0.138. The molecule has 0 aromatic heterocycles. The number of nitro benzene ring substituents is 1. The number of allylic oxidation sites excluding steroid dienone is 1. The summed E-state index contributed by atoms with van der Waals surface area (Å²) in [5.41, 5.74) is 2.73. The molecule has 7 nitrogen and oxygen atoms in total. The number of non-ortho nitro benzene ring substituents is 1. The minimum Gasteiger partial charge on any atom is -0.458 e. The largest absolute Gasteiger partial charge is 0.458 e. The maximum absolute atomic E-state index is 12.6. The average molecular weight is 501 g/mol. The van der Waals surface area contributed by atoms with E-state index in [0.717, 1.165) is 19.0 Å². The summed E-state index contributed by atoms with van der Waals surface area (Å²) in [6, 6.07) is 26.4. The molecule has 0 N–H and O–H groups in total. The van der Waals surface area contributed by atoms with Crippen LogP contribution in [0.2, 0.25) is 0 Å². The van der Waals surface area contributed by atoms with Gasteiger partial charge < -0.3 is 9.64 Å². The maximum atomic E-state index is 12.6. The Hall–Kier alpha value is -4.10. The van der Waals surface area contributed by atoms with Gasteiger partial charge in [-0.1, -0.05) is 72.8 Å². The van der Waals surface area contributed by atoms with Crippen molar-refractivity contribution in [1.82, 2.24) is 4.90 Å². The Bertz CT molecular complexity index is 1200. The number of ketones is 1. The third-order valence-electron chi connectivity index (χ3n) is 6.10. The molecule has 0 fully saturated rings. The molecule has 3 aromatic rings. The molecule has 0 bridgehead atoms. The first-order valence-electron chi connectivity index (χ1n) is 12.2.